The molecule has 0 spiro atoms. The third-order valence-electron chi connectivity index (χ3n) is 7.45. The number of ether oxygens (including phenoxy) is 2. The van der Waals surface area contributed by atoms with Gasteiger partial charge in [-0.05, 0) is 52.4 Å². The standard InChI is InChI=1S/C28H38N8O5S/c1-28(2,3)41-27(39)35-9-5-18(6-10-35)16-29-22-15-21(24(37)34-11-7-19(8-12-34)31-26(38)40-4)32-23(33-22)20-17-30-36-13-14-42-25(20)36/h13-15,17-19H,5-12,16H2,1-4H3,(H,31,38)(H,29,32,33). The number of rotatable bonds is 6. The van der Waals surface area contributed by atoms with Gasteiger partial charge < -0.3 is 29.9 Å². The molecule has 3 amide bonds. The van der Waals surface area contributed by atoms with Crippen LogP contribution in [0.3, 0.4) is 0 Å². The summed E-state index contributed by atoms with van der Waals surface area (Å²) in [4.78, 5) is 51.5. The number of nitrogens with one attached hydrogen (secondary N) is 2. The molecule has 13 nitrogen and oxygen atoms in total. The molecule has 2 N–H and O–H groups in total. The molecule has 0 atom stereocenters. The van der Waals surface area contributed by atoms with Crippen molar-refractivity contribution in [1.82, 2.24) is 34.7 Å². The summed E-state index contributed by atoms with van der Waals surface area (Å²) >= 11 is 1.53. The number of hydrogen-bond acceptors (Lipinski definition) is 10. The third-order valence-corrected chi connectivity index (χ3v) is 8.33. The Bertz CT molecular complexity index is 1420. The van der Waals surface area contributed by atoms with Crippen molar-refractivity contribution in [1.29, 1.82) is 0 Å². The van der Waals surface area contributed by atoms with E-state index in [9.17, 15) is 14.4 Å². The van der Waals surface area contributed by atoms with Crippen LogP contribution in [-0.4, -0.2) is 99.0 Å². The van der Waals surface area contributed by atoms with E-state index in [1.54, 1.807) is 26.6 Å². The van der Waals surface area contributed by atoms with Crippen LogP contribution < -0.4 is 10.6 Å². The minimum Gasteiger partial charge on any atom is -0.453 e. The van der Waals surface area contributed by atoms with Crippen LogP contribution >= 0.6 is 11.3 Å². The van der Waals surface area contributed by atoms with Gasteiger partial charge in [-0.25, -0.2) is 24.1 Å². The molecule has 2 aliphatic rings. The summed E-state index contributed by atoms with van der Waals surface area (Å²) in [6.07, 6.45) is 5.78. The van der Waals surface area contributed by atoms with Crippen LogP contribution in [0.15, 0.2) is 23.8 Å². The topological polar surface area (TPSA) is 143 Å². The number of aromatic nitrogens is 4. The number of anilines is 1. The molecule has 0 saturated carbocycles. The van der Waals surface area contributed by atoms with Gasteiger partial charge in [0, 0.05) is 56.4 Å². The SMILES string of the molecule is COC(=O)NC1CCN(C(=O)c2cc(NCC3CCN(C(=O)OC(C)(C)C)CC3)nc(-c3cnn4ccsc34)n2)CC1. The Morgan fingerprint density at radius 1 is 1.05 bits per heavy atom. The Labute approximate surface area is 248 Å². The zero-order valence-electron chi connectivity index (χ0n) is 24.5. The molecule has 226 valence electrons. The van der Waals surface area contributed by atoms with Crippen molar-refractivity contribution in [2.24, 2.45) is 5.92 Å². The summed E-state index contributed by atoms with van der Waals surface area (Å²) < 4.78 is 12.0. The third kappa shape index (κ3) is 7.09. The van der Waals surface area contributed by atoms with Crippen LogP contribution in [0.4, 0.5) is 15.4 Å². The zero-order valence-corrected chi connectivity index (χ0v) is 25.3. The Hall–Kier alpha value is -3.94. The van der Waals surface area contributed by atoms with E-state index in [-0.39, 0.29) is 18.0 Å². The maximum atomic E-state index is 13.6. The number of hydrogen-bond donors (Lipinski definition) is 2. The minimum absolute atomic E-state index is 0.0408. The van der Waals surface area contributed by atoms with Crippen LogP contribution in [0.1, 0.15) is 56.9 Å². The van der Waals surface area contributed by atoms with Crippen LogP contribution in [0, 0.1) is 5.92 Å². The fourth-order valence-corrected chi connectivity index (χ4v) is 5.95. The second-order valence-electron chi connectivity index (χ2n) is 11.7. The summed E-state index contributed by atoms with van der Waals surface area (Å²) in [6.45, 7) is 8.52. The predicted octanol–water partition coefficient (Wildman–Crippen LogP) is 3.87. The Morgan fingerprint density at radius 2 is 1.76 bits per heavy atom. The Balaban J connectivity index is 1.28. The molecule has 0 aliphatic carbocycles. The average molecular weight is 599 g/mol. The van der Waals surface area contributed by atoms with Crippen molar-refractivity contribution in [2.75, 3.05) is 45.2 Å². The molecule has 5 rings (SSSR count). The van der Waals surface area contributed by atoms with Crippen molar-refractivity contribution >= 4 is 40.1 Å². The highest BCUT2D eigenvalue weighted by Gasteiger charge is 2.29. The molecule has 2 fully saturated rings. The smallest absolute Gasteiger partial charge is 0.410 e. The van der Waals surface area contributed by atoms with E-state index in [0.717, 1.165) is 23.2 Å². The fraction of sp³-hybridized carbons (Fsp3) is 0.571. The van der Waals surface area contributed by atoms with E-state index in [4.69, 9.17) is 14.5 Å². The zero-order chi connectivity index (χ0) is 29.9. The number of likely N-dealkylation sites (tertiary alicyclic amines) is 2. The molecule has 3 aromatic rings. The lowest BCUT2D eigenvalue weighted by atomic mass is 9.97. The molecule has 2 aliphatic heterocycles. The first-order valence-electron chi connectivity index (χ1n) is 14.3. The van der Waals surface area contributed by atoms with Gasteiger partial charge in [-0.1, -0.05) is 0 Å². The number of carbonyl (C=O) groups excluding carboxylic acids is 3. The van der Waals surface area contributed by atoms with Crippen molar-refractivity contribution in [3.8, 4) is 11.4 Å². The molecule has 3 aromatic heterocycles. The second kappa shape index (κ2) is 12.5. The lowest BCUT2D eigenvalue weighted by Crippen LogP contribution is -2.46. The fourth-order valence-electron chi connectivity index (χ4n) is 5.16. The molecule has 0 radical (unpaired) electrons. The van der Waals surface area contributed by atoms with Gasteiger partial charge in [0.25, 0.3) is 5.91 Å². The molecule has 42 heavy (non-hydrogen) atoms. The number of piperidine rings is 2. The van der Waals surface area contributed by atoms with E-state index < -0.39 is 11.7 Å². The van der Waals surface area contributed by atoms with Crippen molar-refractivity contribution < 1.29 is 23.9 Å². The van der Waals surface area contributed by atoms with Gasteiger partial charge in [0.05, 0.1) is 18.9 Å². The van der Waals surface area contributed by atoms with Crippen LogP contribution in [-0.2, 0) is 9.47 Å². The van der Waals surface area contributed by atoms with Crippen LogP contribution in [0.5, 0.6) is 0 Å². The molecule has 0 aromatic carbocycles. The molecular weight excluding hydrogens is 560 g/mol. The van der Waals surface area contributed by atoms with E-state index >= 15 is 0 Å². The van der Waals surface area contributed by atoms with Gasteiger partial charge in [0.15, 0.2) is 5.82 Å². The summed E-state index contributed by atoms with van der Waals surface area (Å²) in [5.41, 5.74) is 0.544. The van der Waals surface area contributed by atoms with Gasteiger partial charge >= 0.3 is 12.2 Å². The van der Waals surface area contributed by atoms with Gasteiger partial charge in [-0.2, -0.15) is 5.10 Å². The number of fused-ring (bicyclic) bond motifs is 1. The van der Waals surface area contributed by atoms with Gasteiger partial charge in [-0.3, -0.25) is 4.79 Å². The summed E-state index contributed by atoms with van der Waals surface area (Å²) in [5, 5.41) is 12.6. The maximum absolute atomic E-state index is 13.6. The van der Waals surface area contributed by atoms with Gasteiger partial charge in [0.1, 0.15) is 21.9 Å². The highest BCUT2D eigenvalue weighted by atomic mass is 32.1. The first kappa shape index (κ1) is 29.5. The number of methoxy groups -OCH3 is 1. The lowest BCUT2D eigenvalue weighted by Gasteiger charge is -2.33. The average Bonchev–Trinajstić information content (AvgIpc) is 3.60. The van der Waals surface area contributed by atoms with E-state index in [0.29, 0.717) is 68.8 Å². The van der Waals surface area contributed by atoms with Gasteiger partial charge in [0.2, 0.25) is 0 Å². The number of thiazole rings is 1. The largest absolute Gasteiger partial charge is 0.453 e. The molecule has 0 unspecified atom stereocenters. The first-order valence-corrected chi connectivity index (χ1v) is 15.1. The van der Waals surface area contributed by atoms with Crippen molar-refractivity contribution in [3.63, 3.8) is 0 Å². The highest BCUT2D eigenvalue weighted by molar-refractivity contribution is 7.16. The Morgan fingerprint density at radius 3 is 2.45 bits per heavy atom. The number of nitrogens with zero attached hydrogens (tertiary/aromatic N) is 6. The van der Waals surface area contributed by atoms with Gasteiger partial charge in [-0.15, -0.1) is 11.3 Å². The maximum Gasteiger partial charge on any atom is 0.410 e. The number of carbonyl (C=O) groups is 3. The monoisotopic (exact) mass is 598 g/mol. The number of amides is 3. The molecule has 2 saturated heterocycles. The summed E-state index contributed by atoms with van der Waals surface area (Å²) in [5.74, 6) is 1.15. The molecular formula is C28H38N8O5S. The summed E-state index contributed by atoms with van der Waals surface area (Å²) in [6, 6.07) is 1.66. The molecule has 0 bridgehead atoms. The van der Waals surface area contributed by atoms with Crippen LogP contribution in [0.2, 0.25) is 0 Å². The van der Waals surface area contributed by atoms with Crippen LogP contribution in [0.25, 0.3) is 16.2 Å². The molecule has 14 heteroatoms. The van der Waals surface area contributed by atoms with Crippen molar-refractivity contribution in [2.45, 2.75) is 58.1 Å². The Kier molecular flexibility index (Phi) is 8.80. The quantitative estimate of drug-likeness (QED) is 0.432. The minimum atomic E-state index is -0.518. The van der Waals surface area contributed by atoms with E-state index in [1.807, 2.05) is 32.3 Å². The predicted molar refractivity (Wildman–Crippen MR) is 158 cm³/mol. The van der Waals surface area contributed by atoms with Crippen molar-refractivity contribution in [3.05, 3.63) is 29.5 Å². The number of alkyl carbamates (subject to hydrolysis) is 1. The summed E-state index contributed by atoms with van der Waals surface area (Å²) in [7, 11) is 1.34. The second-order valence-corrected chi connectivity index (χ2v) is 12.6. The lowest BCUT2D eigenvalue weighted by molar-refractivity contribution is 0.0188. The highest BCUT2D eigenvalue weighted by Crippen LogP contribution is 2.28. The van der Waals surface area contributed by atoms with E-state index in [1.165, 1.54) is 18.4 Å². The van der Waals surface area contributed by atoms with E-state index in [2.05, 4.69) is 20.7 Å². The first-order chi connectivity index (χ1) is 20.1. The molecule has 5 heterocycles. The normalized spacial score (nSPS) is 16.9.